The number of amides is 3. The van der Waals surface area contributed by atoms with Crippen molar-refractivity contribution in [2.45, 2.75) is 0 Å². The molecule has 0 fully saturated rings. The standard InChI is InChI=1S/C9H13N3O4/c1-3-4-12(2)9(16)11-5-7(13)10-6-8(14)15/h1H,4-6H2,2H3,(H,10,13)(H,11,16)(H,14,15). The van der Waals surface area contributed by atoms with Gasteiger partial charge in [0.1, 0.15) is 6.54 Å². The van der Waals surface area contributed by atoms with Gasteiger partial charge in [0.05, 0.1) is 13.1 Å². The molecule has 0 rings (SSSR count). The minimum Gasteiger partial charge on any atom is -0.480 e. The lowest BCUT2D eigenvalue weighted by molar-refractivity contribution is -0.137. The maximum Gasteiger partial charge on any atom is 0.322 e. The number of carbonyl (C=O) groups is 3. The van der Waals surface area contributed by atoms with E-state index in [1.54, 1.807) is 0 Å². The van der Waals surface area contributed by atoms with E-state index in [-0.39, 0.29) is 13.1 Å². The minimum absolute atomic E-state index is 0.128. The van der Waals surface area contributed by atoms with Gasteiger partial charge >= 0.3 is 12.0 Å². The molecule has 7 heteroatoms. The van der Waals surface area contributed by atoms with Crippen molar-refractivity contribution in [1.82, 2.24) is 15.5 Å². The number of urea groups is 1. The molecule has 0 bridgehead atoms. The Balaban J connectivity index is 3.80. The van der Waals surface area contributed by atoms with Crippen molar-refractivity contribution in [3.63, 3.8) is 0 Å². The number of hydrogen-bond acceptors (Lipinski definition) is 3. The van der Waals surface area contributed by atoms with Crippen molar-refractivity contribution in [2.24, 2.45) is 0 Å². The van der Waals surface area contributed by atoms with Gasteiger partial charge in [-0.3, -0.25) is 9.59 Å². The largest absolute Gasteiger partial charge is 0.480 e. The van der Waals surface area contributed by atoms with Crippen LogP contribution in [0.4, 0.5) is 4.79 Å². The first-order valence-electron chi connectivity index (χ1n) is 4.38. The predicted octanol–water partition coefficient (Wildman–Crippen LogP) is -1.54. The minimum atomic E-state index is -1.15. The third-order valence-corrected chi connectivity index (χ3v) is 1.51. The van der Waals surface area contributed by atoms with E-state index in [1.165, 1.54) is 11.9 Å². The molecule has 0 atom stereocenters. The summed E-state index contributed by atoms with van der Waals surface area (Å²) in [5.74, 6) is 0.535. The summed E-state index contributed by atoms with van der Waals surface area (Å²) in [5, 5.41) is 12.6. The highest BCUT2D eigenvalue weighted by molar-refractivity contribution is 5.86. The maximum atomic E-state index is 11.2. The smallest absolute Gasteiger partial charge is 0.322 e. The lowest BCUT2D eigenvalue weighted by Crippen LogP contribution is -2.43. The first-order chi connectivity index (χ1) is 7.47. The van der Waals surface area contributed by atoms with Crippen LogP contribution in [-0.4, -0.2) is 54.6 Å². The summed E-state index contributed by atoms with van der Waals surface area (Å²) < 4.78 is 0. The summed E-state index contributed by atoms with van der Waals surface area (Å²) in [7, 11) is 1.48. The zero-order chi connectivity index (χ0) is 12.6. The highest BCUT2D eigenvalue weighted by Gasteiger charge is 2.09. The van der Waals surface area contributed by atoms with Gasteiger partial charge in [-0.1, -0.05) is 5.92 Å². The summed E-state index contributed by atoms with van der Waals surface area (Å²) in [5.41, 5.74) is 0. The Bertz CT molecular complexity index is 321. The van der Waals surface area contributed by atoms with Crippen LogP contribution in [0, 0.1) is 12.3 Å². The Morgan fingerprint density at radius 1 is 1.31 bits per heavy atom. The Morgan fingerprint density at radius 2 is 1.94 bits per heavy atom. The molecule has 0 aromatic rings. The van der Waals surface area contributed by atoms with Crippen LogP contribution in [0.25, 0.3) is 0 Å². The molecule has 0 radical (unpaired) electrons. The van der Waals surface area contributed by atoms with Crippen LogP contribution in [0.15, 0.2) is 0 Å². The predicted molar refractivity (Wildman–Crippen MR) is 55.5 cm³/mol. The molecule has 0 aliphatic rings. The quantitative estimate of drug-likeness (QED) is 0.496. The average molecular weight is 227 g/mol. The first kappa shape index (κ1) is 13.8. The van der Waals surface area contributed by atoms with Gasteiger partial charge < -0.3 is 20.6 Å². The maximum absolute atomic E-state index is 11.2. The Morgan fingerprint density at radius 3 is 2.44 bits per heavy atom. The van der Waals surface area contributed by atoms with Crippen LogP contribution < -0.4 is 10.6 Å². The summed E-state index contributed by atoms with van der Waals surface area (Å²) in [6, 6.07) is -0.497. The molecule has 0 saturated heterocycles. The normalized spacial score (nSPS) is 8.75. The third-order valence-electron chi connectivity index (χ3n) is 1.51. The van der Waals surface area contributed by atoms with E-state index in [0.29, 0.717) is 0 Å². The van der Waals surface area contributed by atoms with Gasteiger partial charge in [0.2, 0.25) is 5.91 Å². The second-order valence-corrected chi connectivity index (χ2v) is 2.89. The van der Waals surface area contributed by atoms with Crippen molar-refractivity contribution >= 4 is 17.9 Å². The van der Waals surface area contributed by atoms with Gasteiger partial charge in [0, 0.05) is 7.05 Å². The lowest BCUT2D eigenvalue weighted by atomic mass is 10.5. The molecular weight excluding hydrogens is 214 g/mol. The molecule has 0 spiro atoms. The fraction of sp³-hybridized carbons (Fsp3) is 0.444. The number of rotatable bonds is 5. The summed E-state index contributed by atoms with van der Waals surface area (Å²) in [6.07, 6.45) is 4.99. The number of aliphatic carboxylic acids is 1. The number of nitrogens with one attached hydrogen (secondary N) is 2. The summed E-state index contributed by atoms with van der Waals surface area (Å²) >= 11 is 0. The molecule has 3 N–H and O–H groups in total. The van der Waals surface area contributed by atoms with Crippen molar-refractivity contribution in [3.8, 4) is 12.3 Å². The molecule has 3 amide bonds. The van der Waals surface area contributed by atoms with E-state index in [9.17, 15) is 14.4 Å². The number of carbonyl (C=O) groups excluding carboxylic acids is 2. The van der Waals surface area contributed by atoms with E-state index in [1.807, 2.05) is 0 Å². The molecule has 0 unspecified atom stereocenters. The number of carboxylic acid groups (broad SMARTS) is 1. The summed E-state index contributed by atoms with van der Waals surface area (Å²) in [6.45, 7) is -0.640. The van der Waals surface area contributed by atoms with E-state index in [0.717, 1.165) is 0 Å². The van der Waals surface area contributed by atoms with Gasteiger partial charge in [0.15, 0.2) is 0 Å². The van der Waals surface area contributed by atoms with Gasteiger partial charge in [-0.05, 0) is 0 Å². The Kier molecular flexibility index (Phi) is 6.12. The van der Waals surface area contributed by atoms with Crippen LogP contribution in [0.1, 0.15) is 0 Å². The molecule has 0 aliphatic heterocycles. The fourth-order valence-corrected chi connectivity index (χ4v) is 0.736. The zero-order valence-electron chi connectivity index (χ0n) is 8.82. The van der Waals surface area contributed by atoms with E-state index in [4.69, 9.17) is 11.5 Å². The van der Waals surface area contributed by atoms with Crippen molar-refractivity contribution < 1.29 is 19.5 Å². The number of hydrogen-bond donors (Lipinski definition) is 3. The zero-order valence-corrected chi connectivity index (χ0v) is 8.82. The highest BCUT2D eigenvalue weighted by Crippen LogP contribution is 1.81. The fourth-order valence-electron chi connectivity index (χ4n) is 0.736. The molecule has 0 saturated carbocycles. The molecule has 0 aromatic heterocycles. The lowest BCUT2D eigenvalue weighted by Gasteiger charge is -2.14. The molecule has 0 aliphatic carbocycles. The topological polar surface area (TPSA) is 98.7 Å². The van der Waals surface area contributed by atoms with Crippen LogP contribution in [0.2, 0.25) is 0 Å². The van der Waals surface area contributed by atoms with E-state index in [2.05, 4.69) is 16.6 Å². The van der Waals surface area contributed by atoms with Gasteiger partial charge in [-0.2, -0.15) is 0 Å². The Labute approximate surface area is 92.8 Å². The first-order valence-corrected chi connectivity index (χ1v) is 4.38. The number of terminal acetylenes is 1. The van der Waals surface area contributed by atoms with Crippen molar-refractivity contribution in [2.75, 3.05) is 26.7 Å². The molecule has 0 aromatic carbocycles. The van der Waals surface area contributed by atoms with Gasteiger partial charge in [-0.15, -0.1) is 6.42 Å². The van der Waals surface area contributed by atoms with Crippen LogP contribution in [0.5, 0.6) is 0 Å². The Hall–Kier alpha value is -2.23. The second kappa shape index (κ2) is 7.11. The van der Waals surface area contributed by atoms with Crippen LogP contribution in [0.3, 0.4) is 0 Å². The second-order valence-electron chi connectivity index (χ2n) is 2.89. The molecule has 16 heavy (non-hydrogen) atoms. The van der Waals surface area contributed by atoms with Crippen molar-refractivity contribution in [1.29, 1.82) is 0 Å². The average Bonchev–Trinajstić information content (AvgIpc) is 2.23. The molecule has 88 valence electrons. The number of nitrogens with zero attached hydrogens (tertiary/aromatic N) is 1. The van der Waals surface area contributed by atoms with Gasteiger partial charge in [-0.25, -0.2) is 4.79 Å². The highest BCUT2D eigenvalue weighted by atomic mass is 16.4. The summed E-state index contributed by atoms with van der Waals surface area (Å²) in [4.78, 5) is 33.5. The third kappa shape index (κ3) is 6.26. The van der Waals surface area contributed by atoms with Crippen LogP contribution >= 0.6 is 0 Å². The van der Waals surface area contributed by atoms with Crippen molar-refractivity contribution in [3.05, 3.63) is 0 Å². The van der Waals surface area contributed by atoms with Gasteiger partial charge in [0.25, 0.3) is 0 Å². The molecule has 7 nitrogen and oxygen atoms in total. The molecule has 0 heterocycles. The van der Waals surface area contributed by atoms with Crippen LogP contribution in [-0.2, 0) is 9.59 Å². The SMILES string of the molecule is C#CCN(C)C(=O)NCC(=O)NCC(=O)O. The monoisotopic (exact) mass is 227 g/mol. The van der Waals surface area contributed by atoms with E-state index >= 15 is 0 Å². The molecular formula is C9H13N3O4. The number of carboxylic acids is 1. The van der Waals surface area contributed by atoms with E-state index < -0.39 is 24.5 Å².